The first-order chi connectivity index (χ1) is 12.6. The first-order valence-electron chi connectivity index (χ1n) is 9.20. The molecule has 0 radical (unpaired) electrons. The summed E-state index contributed by atoms with van der Waals surface area (Å²) in [7, 11) is 0. The van der Waals surface area contributed by atoms with Crippen molar-refractivity contribution in [2.45, 2.75) is 26.3 Å². The van der Waals surface area contributed by atoms with E-state index in [1.165, 1.54) is 5.56 Å². The molecule has 0 aliphatic carbocycles. The molecule has 0 amide bonds. The lowest BCUT2D eigenvalue weighted by atomic mass is 9.72. The van der Waals surface area contributed by atoms with Crippen molar-refractivity contribution in [3.05, 3.63) is 47.8 Å². The molecule has 6 nitrogen and oxygen atoms in total. The SMILES string of the molecule is Cc1ccccc1-n1cc(CN2CC(C(=O)O)C3(CCOCC3)C2)cn1. The average Bonchev–Trinajstić information content (AvgIpc) is 3.21. The molecule has 2 aliphatic rings. The van der Waals surface area contributed by atoms with Crippen LogP contribution >= 0.6 is 0 Å². The van der Waals surface area contributed by atoms with E-state index in [1.54, 1.807) is 0 Å². The molecule has 2 aliphatic heterocycles. The Morgan fingerprint density at radius 3 is 2.85 bits per heavy atom. The number of nitrogens with zero attached hydrogens (tertiary/aromatic N) is 3. The summed E-state index contributed by atoms with van der Waals surface area (Å²) in [6.07, 6.45) is 5.61. The predicted molar refractivity (Wildman–Crippen MR) is 97.2 cm³/mol. The summed E-state index contributed by atoms with van der Waals surface area (Å²) >= 11 is 0. The van der Waals surface area contributed by atoms with Crippen LogP contribution in [-0.2, 0) is 16.1 Å². The van der Waals surface area contributed by atoms with Gasteiger partial charge in [-0.3, -0.25) is 9.69 Å². The van der Waals surface area contributed by atoms with Crippen LogP contribution in [0.1, 0.15) is 24.0 Å². The van der Waals surface area contributed by atoms with Gasteiger partial charge in [-0.1, -0.05) is 18.2 Å². The Kier molecular flexibility index (Phi) is 4.54. The second-order valence-corrected chi connectivity index (χ2v) is 7.61. The van der Waals surface area contributed by atoms with Crippen molar-refractivity contribution in [1.29, 1.82) is 0 Å². The minimum Gasteiger partial charge on any atom is -0.481 e. The second kappa shape index (κ2) is 6.85. The van der Waals surface area contributed by atoms with Gasteiger partial charge in [-0.05, 0) is 31.4 Å². The lowest BCUT2D eigenvalue weighted by molar-refractivity contribution is -0.147. The van der Waals surface area contributed by atoms with Crippen LogP contribution in [0.2, 0.25) is 0 Å². The summed E-state index contributed by atoms with van der Waals surface area (Å²) < 4.78 is 7.38. The summed E-state index contributed by atoms with van der Waals surface area (Å²) in [5.74, 6) is -0.984. The standard InChI is InChI=1S/C20H25N3O3/c1-15-4-2-3-5-18(15)23-12-16(10-21-23)11-22-13-17(19(24)25)20(14-22)6-8-26-9-7-20/h2-5,10,12,17H,6-9,11,13-14H2,1H3,(H,24,25). The molecule has 0 bridgehead atoms. The fraction of sp³-hybridized carbons (Fsp3) is 0.500. The average molecular weight is 355 g/mol. The number of ether oxygens (including phenoxy) is 1. The number of carboxylic acid groups (broad SMARTS) is 1. The van der Waals surface area contributed by atoms with Crippen LogP contribution in [0.3, 0.4) is 0 Å². The maximum absolute atomic E-state index is 11.8. The molecule has 1 N–H and O–H groups in total. The third kappa shape index (κ3) is 3.15. The first-order valence-corrected chi connectivity index (χ1v) is 9.20. The number of benzene rings is 1. The van der Waals surface area contributed by atoms with E-state index < -0.39 is 5.97 Å². The molecular formula is C20H25N3O3. The number of carboxylic acids is 1. The van der Waals surface area contributed by atoms with Crippen molar-refractivity contribution < 1.29 is 14.6 Å². The number of aryl methyl sites for hydroxylation is 1. The topological polar surface area (TPSA) is 67.6 Å². The van der Waals surface area contributed by atoms with Crippen LogP contribution < -0.4 is 0 Å². The lowest BCUT2D eigenvalue weighted by Crippen LogP contribution is -2.40. The smallest absolute Gasteiger partial charge is 0.308 e. The van der Waals surface area contributed by atoms with Crippen LogP contribution in [0.5, 0.6) is 0 Å². The van der Waals surface area contributed by atoms with Gasteiger partial charge in [0.1, 0.15) is 0 Å². The van der Waals surface area contributed by atoms with Gasteiger partial charge >= 0.3 is 5.97 Å². The van der Waals surface area contributed by atoms with Crippen LogP contribution in [0.4, 0.5) is 0 Å². The van der Waals surface area contributed by atoms with Gasteiger partial charge in [0.25, 0.3) is 0 Å². The van der Waals surface area contributed by atoms with Crippen molar-refractivity contribution in [3.63, 3.8) is 0 Å². The Labute approximate surface area is 153 Å². The summed E-state index contributed by atoms with van der Waals surface area (Å²) in [5.41, 5.74) is 3.22. The van der Waals surface area contributed by atoms with Crippen LogP contribution in [0, 0.1) is 18.3 Å². The predicted octanol–water partition coefficient (Wildman–Crippen LogP) is 2.49. The molecule has 2 aromatic rings. The summed E-state index contributed by atoms with van der Waals surface area (Å²) in [4.78, 5) is 14.1. The van der Waals surface area contributed by atoms with Crippen molar-refractivity contribution in [2.75, 3.05) is 26.3 Å². The van der Waals surface area contributed by atoms with E-state index >= 15 is 0 Å². The molecule has 1 aromatic carbocycles. The maximum atomic E-state index is 11.8. The van der Waals surface area contributed by atoms with Crippen molar-refractivity contribution >= 4 is 5.97 Å². The zero-order valence-electron chi connectivity index (χ0n) is 15.1. The quantitative estimate of drug-likeness (QED) is 0.913. The molecule has 0 saturated carbocycles. The Morgan fingerprint density at radius 2 is 2.12 bits per heavy atom. The molecule has 2 fully saturated rings. The van der Waals surface area contributed by atoms with Crippen LogP contribution in [-0.4, -0.2) is 52.1 Å². The number of para-hydroxylation sites is 1. The highest BCUT2D eigenvalue weighted by Crippen LogP contribution is 2.44. The van der Waals surface area contributed by atoms with E-state index in [1.807, 2.05) is 29.2 Å². The van der Waals surface area contributed by atoms with E-state index in [2.05, 4.69) is 29.1 Å². The number of aromatic nitrogens is 2. The van der Waals surface area contributed by atoms with E-state index in [-0.39, 0.29) is 11.3 Å². The van der Waals surface area contributed by atoms with Gasteiger partial charge in [0.15, 0.2) is 0 Å². The molecule has 1 aromatic heterocycles. The zero-order chi connectivity index (χ0) is 18.1. The maximum Gasteiger partial charge on any atom is 0.308 e. The third-order valence-electron chi connectivity index (χ3n) is 5.91. The normalized spacial score (nSPS) is 22.7. The molecule has 1 atom stereocenters. The van der Waals surface area contributed by atoms with E-state index in [4.69, 9.17) is 4.74 Å². The summed E-state index contributed by atoms with van der Waals surface area (Å²) in [5, 5.41) is 14.2. The van der Waals surface area contributed by atoms with Gasteiger partial charge in [0, 0.05) is 50.0 Å². The highest BCUT2D eigenvalue weighted by atomic mass is 16.5. The van der Waals surface area contributed by atoms with Gasteiger partial charge in [0.2, 0.25) is 0 Å². The Hall–Kier alpha value is -2.18. The second-order valence-electron chi connectivity index (χ2n) is 7.61. The fourth-order valence-electron chi connectivity index (χ4n) is 4.47. The largest absolute Gasteiger partial charge is 0.481 e. The third-order valence-corrected chi connectivity index (χ3v) is 5.91. The van der Waals surface area contributed by atoms with Crippen molar-refractivity contribution in [3.8, 4) is 5.69 Å². The van der Waals surface area contributed by atoms with E-state index in [0.29, 0.717) is 19.8 Å². The van der Waals surface area contributed by atoms with Crippen molar-refractivity contribution in [1.82, 2.24) is 14.7 Å². The number of aliphatic carboxylic acids is 1. The van der Waals surface area contributed by atoms with E-state index in [0.717, 1.165) is 37.2 Å². The fourth-order valence-corrected chi connectivity index (χ4v) is 4.47. The summed E-state index contributed by atoms with van der Waals surface area (Å²) in [6.45, 7) is 5.57. The molecule has 26 heavy (non-hydrogen) atoms. The highest BCUT2D eigenvalue weighted by Gasteiger charge is 2.50. The molecule has 3 heterocycles. The monoisotopic (exact) mass is 355 g/mol. The molecule has 6 heteroatoms. The molecule has 1 unspecified atom stereocenters. The van der Waals surface area contributed by atoms with Crippen LogP contribution in [0.25, 0.3) is 5.69 Å². The number of rotatable bonds is 4. The van der Waals surface area contributed by atoms with Gasteiger partial charge in [0.05, 0.1) is 17.8 Å². The minimum absolute atomic E-state index is 0.143. The molecular weight excluding hydrogens is 330 g/mol. The zero-order valence-corrected chi connectivity index (χ0v) is 15.1. The number of likely N-dealkylation sites (tertiary alicyclic amines) is 1. The van der Waals surface area contributed by atoms with E-state index in [9.17, 15) is 9.90 Å². The summed E-state index contributed by atoms with van der Waals surface area (Å²) in [6, 6.07) is 8.16. The Morgan fingerprint density at radius 1 is 1.35 bits per heavy atom. The van der Waals surface area contributed by atoms with Gasteiger partial charge in [-0.15, -0.1) is 0 Å². The first kappa shape index (κ1) is 17.2. The molecule has 2 saturated heterocycles. The van der Waals surface area contributed by atoms with Gasteiger partial charge in [-0.2, -0.15) is 5.10 Å². The minimum atomic E-state index is -0.676. The number of hydrogen-bond acceptors (Lipinski definition) is 4. The Balaban J connectivity index is 1.50. The van der Waals surface area contributed by atoms with Gasteiger partial charge in [-0.25, -0.2) is 4.68 Å². The number of carbonyl (C=O) groups is 1. The van der Waals surface area contributed by atoms with Crippen molar-refractivity contribution in [2.24, 2.45) is 11.3 Å². The molecule has 1 spiro atoms. The van der Waals surface area contributed by atoms with Gasteiger partial charge < -0.3 is 9.84 Å². The number of hydrogen-bond donors (Lipinski definition) is 1. The molecule has 138 valence electrons. The lowest BCUT2D eigenvalue weighted by Gasteiger charge is -2.36. The highest BCUT2D eigenvalue weighted by molar-refractivity contribution is 5.72. The molecule has 4 rings (SSSR count). The van der Waals surface area contributed by atoms with Crippen LogP contribution in [0.15, 0.2) is 36.7 Å². The Bertz CT molecular complexity index is 795.